The molecule has 0 aromatic rings. The van der Waals surface area contributed by atoms with E-state index in [2.05, 4.69) is 20.4 Å². The Morgan fingerprint density at radius 3 is 2.47 bits per heavy atom. The van der Waals surface area contributed by atoms with Crippen LogP contribution in [0.2, 0.25) is 0 Å². The van der Waals surface area contributed by atoms with Crippen LogP contribution in [-0.2, 0) is 0 Å². The van der Waals surface area contributed by atoms with Crippen LogP contribution in [0.3, 0.4) is 0 Å². The standard InChI is InChI=1S/C13H22O2/c1-8-9-5-6-12(2,3)10(8)7-11(14)13(9,4)15/h9-11,14-15H,1,5-7H2,2-4H3/t9-,10-,11+,13+/m1/s1. The number of fused-ring (bicyclic) bond motifs is 2. The molecule has 2 saturated carbocycles. The molecule has 0 saturated heterocycles. The third-order valence-electron chi connectivity index (χ3n) is 4.75. The highest BCUT2D eigenvalue weighted by atomic mass is 16.3. The first-order valence-corrected chi connectivity index (χ1v) is 5.86. The molecule has 0 spiro atoms. The van der Waals surface area contributed by atoms with Crippen LogP contribution in [0.1, 0.15) is 40.0 Å². The van der Waals surface area contributed by atoms with E-state index in [9.17, 15) is 10.2 Å². The Morgan fingerprint density at radius 1 is 1.27 bits per heavy atom. The average molecular weight is 210 g/mol. The third-order valence-corrected chi connectivity index (χ3v) is 4.75. The molecule has 2 heteroatoms. The first-order chi connectivity index (χ1) is 6.77. The molecule has 2 aliphatic carbocycles. The van der Waals surface area contributed by atoms with Crippen molar-refractivity contribution in [3.05, 3.63) is 12.2 Å². The van der Waals surface area contributed by atoms with E-state index in [1.807, 2.05) is 0 Å². The molecule has 4 atom stereocenters. The predicted molar refractivity (Wildman–Crippen MR) is 60.4 cm³/mol. The van der Waals surface area contributed by atoms with Gasteiger partial charge in [-0.2, -0.15) is 0 Å². The number of rotatable bonds is 0. The molecule has 86 valence electrons. The van der Waals surface area contributed by atoms with Crippen molar-refractivity contribution in [2.24, 2.45) is 17.3 Å². The second-order valence-electron chi connectivity index (χ2n) is 6.18. The van der Waals surface area contributed by atoms with Gasteiger partial charge in [0.25, 0.3) is 0 Å². The summed E-state index contributed by atoms with van der Waals surface area (Å²) >= 11 is 0. The van der Waals surface area contributed by atoms with E-state index in [4.69, 9.17) is 0 Å². The number of aliphatic hydroxyl groups excluding tert-OH is 1. The Morgan fingerprint density at radius 2 is 1.87 bits per heavy atom. The van der Waals surface area contributed by atoms with Gasteiger partial charge in [-0.1, -0.05) is 26.0 Å². The van der Waals surface area contributed by atoms with Crippen molar-refractivity contribution in [3.63, 3.8) is 0 Å². The van der Waals surface area contributed by atoms with Crippen LogP contribution in [0.25, 0.3) is 0 Å². The van der Waals surface area contributed by atoms with Gasteiger partial charge in [-0.15, -0.1) is 0 Å². The molecule has 0 radical (unpaired) electrons. The van der Waals surface area contributed by atoms with E-state index < -0.39 is 11.7 Å². The van der Waals surface area contributed by atoms with Gasteiger partial charge in [0, 0.05) is 5.92 Å². The van der Waals surface area contributed by atoms with Gasteiger partial charge in [-0.05, 0) is 37.5 Å². The molecular formula is C13H22O2. The summed E-state index contributed by atoms with van der Waals surface area (Å²) in [5.41, 5.74) is 0.413. The Balaban J connectivity index is 2.35. The first kappa shape index (κ1) is 11.2. The molecule has 0 aliphatic heterocycles. The zero-order chi connectivity index (χ0) is 11.4. The van der Waals surface area contributed by atoms with E-state index in [-0.39, 0.29) is 11.3 Å². The molecule has 0 aromatic heterocycles. The van der Waals surface area contributed by atoms with Crippen LogP contribution >= 0.6 is 0 Å². The molecule has 2 rings (SSSR count). The quantitative estimate of drug-likeness (QED) is 0.601. The summed E-state index contributed by atoms with van der Waals surface area (Å²) in [4.78, 5) is 0. The van der Waals surface area contributed by atoms with Gasteiger partial charge in [0.05, 0.1) is 11.7 Å². The first-order valence-electron chi connectivity index (χ1n) is 5.86. The van der Waals surface area contributed by atoms with Gasteiger partial charge < -0.3 is 10.2 Å². The lowest BCUT2D eigenvalue weighted by Gasteiger charge is -2.55. The van der Waals surface area contributed by atoms with Crippen LogP contribution in [0.4, 0.5) is 0 Å². The molecule has 2 N–H and O–H groups in total. The molecule has 0 unspecified atom stereocenters. The predicted octanol–water partition coefficient (Wildman–Crippen LogP) is 2.11. The van der Waals surface area contributed by atoms with Crippen molar-refractivity contribution in [1.29, 1.82) is 0 Å². The highest BCUT2D eigenvalue weighted by Gasteiger charge is 2.53. The molecular weight excluding hydrogens is 188 g/mol. The van der Waals surface area contributed by atoms with E-state index in [1.165, 1.54) is 0 Å². The molecule has 2 fully saturated rings. The Bertz CT molecular complexity index is 287. The van der Waals surface area contributed by atoms with E-state index in [0.29, 0.717) is 12.3 Å². The number of hydrogen-bond acceptors (Lipinski definition) is 2. The molecule has 0 aromatic carbocycles. The van der Waals surface area contributed by atoms with Crippen LogP contribution < -0.4 is 0 Å². The highest BCUT2D eigenvalue weighted by molar-refractivity contribution is 5.23. The van der Waals surface area contributed by atoms with Crippen molar-refractivity contribution < 1.29 is 10.2 Å². The second-order valence-corrected chi connectivity index (χ2v) is 6.18. The summed E-state index contributed by atoms with van der Waals surface area (Å²) in [5.74, 6) is 0.450. The minimum atomic E-state index is -0.968. The van der Waals surface area contributed by atoms with Crippen molar-refractivity contribution in [2.45, 2.75) is 51.7 Å². The van der Waals surface area contributed by atoms with E-state index in [1.54, 1.807) is 6.92 Å². The van der Waals surface area contributed by atoms with Crippen molar-refractivity contribution >= 4 is 0 Å². The molecule has 2 nitrogen and oxygen atoms in total. The van der Waals surface area contributed by atoms with Gasteiger partial charge in [0.15, 0.2) is 0 Å². The van der Waals surface area contributed by atoms with Gasteiger partial charge >= 0.3 is 0 Å². The summed E-state index contributed by atoms with van der Waals surface area (Å²) < 4.78 is 0. The largest absolute Gasteiger partial charge is 0.390 e. The van der Waals surface area contributed by atoms with E-state index >= 15 is 0 Å². The maximum Gasteiger partial charge on any atom is 0.0942 e. The monoisotopic (exact) mass is 210 g/mol. The normalized spacial score (nSPS) is 49.1. The fraction of sp³-hybridized carbons (Fsp3) is 0.846. The average Bonchev–Trinajstić information content (AvgIpc) is 2.09. The lowest BCUT2D eigenvalue weighted by Crippen LogP contribution is -2.56. The van der Waals surface area contributed by atoms with Gasteiger partial charge in [-0.25, -0.2) is 0 Å². The molecule has 0 amide bonds. The van der Waals surface area contributed by atoms with Crippen LogP contribution in [0, 0.1) is 17.3 Å². The lowest BCUT2D eigenvalue weighted by molar-refractivity contribution is -0.141. The van der Waals surface area contributed by atoms with Crippen molar-refractivity contribution in [3.8, 4) is 0 Å². The maximum absolute atomic E-state index is 10.3. The molecule has 15 heavy (non-hydrogen) atoms. The summed E-state index contributed by atoms with van der Waals surface area (Å²) in [6.07, 6.45) is 2.13. The summed E-state index contributed by atoms with van der Waals surface area (Å²) in [6.45, 7) is 10.4. The number of aliphatic hydroxyl groups is 2. The Kier molecular flexibility index (Phi) is 2.29. The zero-order valence-corrected chi connectivity index (χ0v) is 9.95. The minimum absolute atomic E-state index is 0.0827. The highest BCUT2D eigenvalue weighted by Crippen LogP contribution is 2.55. The Hall–Kier alpha value is -0.340. The van der Waals surface area contributed by atoms with Crippen molar-refractivity contribution in [2.75, 3.05) is 0 Å². The summed E-state index contributed by atoms with van der Waals surface area (Å²) in [5, 5.41) is 20.3. The fourth-order valence-corrected chi connectivity index (χ4v) is 3.45. The fourth-order valence-electron chi connectivity index (χ4n) is 3.45. The van der Waals surface area contributed by atoms with Crippen LogP contribution in [-0.4, -0.2) is 21.9 Å². The second kappa shape index (κ2) is 3.08. The van der Waals surface area contributed by atoms with Gasteiger partial charge in [0.1, 0.15) is 0 Å². The van der Waals surface area contributed by atoms with Crippen LogP contribution in [0.15, 0.2) is 12.2 Å². The summed E-state index contributed by atoms with van der Waals surface area (Å²) in [6, 6.07) is 0. The third kappa shape index (κ3) is 1.46. The zero-order valence-electron chi connectivity index (χ0n) is 9.95. The van der Waals surface area contributed by atoms with E-state index in [0.717, 1.165) is 18.4 Å². The van der Waals surface area contributed by atoms with Crippen LogP contribution in [0.5, 0.6) is 0 Å². The Labute approximate surface area is 92.0 Å². The topological polar surface area (TPSA) is 40.5 Å². The van der Waals surface area contributed by atoms with Gasteiger partial charge in [-0.3, -0.25) is 0 Å². The molecule has 2 aliphatic rings. The van der Waals surface area contributed by atoms with Gasteiger partial charge in [0.2, 0.25) is 0 Å². The maximum atomic E-state index is 10.3. The minimum Gasteiger partial charge on any atom is -0.390 e. The lowest BCUT2D eigenvalue weighted by atomic mass is 9.53. The number of hydrogen-bond donors (Lipinski definition) is 2. The molecule has 0 heterocycles. The van der Waals surface area contributed by atoms with Crippen molar-refractivity contribution in [1.82, 2.24) is 0 Å². The molecule has 2 bridgehead atoms. The SMILES string of the molecule is C=C1[C@H]2C[C@H](O)[C@@](C)(O)[C@@H]1CCC2(C)C. The smallest absolute Gasteiger partial charge is 0.0942 e. The summed E-state index contributed by atoms with van der Waals surface area (Å²) in [7, 11) is 0.